The Balaban J connectivity index is 2.05. The van der Waals surface area contributed by atoms with Crippen LogP contribution in [0.1, 0.15) is 52.6 Å². The van der Waals surface area contributed by atoms with Gasteiger partial charge in [-0.1, -0.05) is 13.8 Å². The standard InChI is InChI=1S/C17H24N4O3S/c1-9(2)8-13-15(16(23)24-5)19-17(25-13)18-14(22)7-6-12-10(3)20-21-11(12)4/h9H,6-8H2,1-5H3,(H,20,21)(H,18,19,22). The molecule has 2 aromatic rings. The van der Waals surface area contributed by atoms with Crippen molar-refractivity contribution < 1.29 is 14.3 Å². The summed E-state index contributed by atoms with van der Waals surface area (Å²) in [5.74, 6) is -0.238. The quantitative estimate of drug-likeness (QED) is 0.736. The number of rotatable bonds is 7. The molecule has 0 atom stereocenters. The molecule has 2 N–H and O–H groups in total. The van der Waals surface area contributed by atoms with E-state index in [1.807, 2.05) is 13.8 Å². The summed E-state index contributed by atoms with van der Waals surface area (Å²) in [6.45, 7) is 7.98. The topological polar surface area (TPSA) is 97.0 Å². The van der Waals surface area contributed by atoms with Crippen molar-refractivity contribution in [2.75, 3.05) is 12.4 Å². The van der Waals surface area contributed by atoms with Crippen LogP contribution in [0.5, 0.6) is 0 Å². The molecule has 7 nitrogen and oxygen atoms in total. The number of aryl methyl sites for hydroxylation is 2. The monoisotopic (exact) mass is 364 g/mol. The van der Waals surface area contributed by atoms with E-state index in [1.165, 1.54) is 18.4 Å². The maximum Gasteiger partial charge on any atom is 0.357 e. The Morgan fingerprint density at radius 3 is 2.60 bits per heavy atom. The van der Waals surface area contributed by atoms with Gasteiger partial charge < -0.3 is 10.1 Å². The first kappa shape index (κ1) is 19.1. The lowest BCUT2D eigenvalue weighted by Crippen LogP contribution is -2.13. The number of hydrogen-bond acceptors (Lipinski definition) is 6. The van der Waals surface area contributed by atoms with Gasteiger partial charge in [-0.2, -0.15) is 5.10 Å². The number of ether oxygens (including phenoxy) is 1. The Labute approximate surface area is 151 Å². The number of amides is 1. The number of esters is 1. The fraction of sp³-hybridized carbons (Fsp3) is 0.529. The summed E-state index contributed by atoms with van der Waals surface area (Å²) in [5.41, 5.74) is 3.24. The number of methoxy groups -OCH3 is 1. The van der Waals surface area contributed by atoms with Crippen LogP contribution >= 0.6 is 11.3 Å². The third-order valence-electron chi connectivity index (χ3n) is 3.80. The average Bonchev–Trinajstić information content (AvgIpc) is 3.07. The maximum absolute atomic E-state index is 12.2. The number of aromatic nitrogens is 3. The van der Waals surface area contributed by atoms with Crippen LogP contribution in [0, 0.1) is 19.8 Å². The van der Waals surface area contributed by atoms with Gasteiger partial charge in [0.1, 0.15) is 0 Å². The van der Waals surface area contributed by atoms with Crippen LogP contribution in [-0.2, 0) is 22.4 Å². The van der Waals surface area contributed by atoms with Gasteiger partial charge in [-0.3, -0.25) is 9.89 Å². The van der Waals surface area contributed by atoms with Gasteiger partial charge in [0.2, 0.25) is 5.91 Å². The molecule has 0 fully saturated rings. The van der Waals surface area contributed by atoms with Crippen molar-refractivity contribution in [3.63, 3.8) is 0 Å². The number of H-pyrrole nitrogens is 1. The second-order valence-corrected chi connectivity index (χ2v) is 7.42. The molecule has 0 saturated heterocycles. The summed E-state index contributed by atoms with van der Waals surface area (Å²) in [6, 6.07) is 0. The van der Waals surface area contributed by atoms with Crippen LogP contribution in [0.2, 0.25) is 0 Å². The second kappa shape index (κ2) is 8.24. The van der Waals surface area contributed by atoms with Crippen molar-refractivity contribution in [1.82, 2.24) is 15.2 Å². The lowest BCUT2D eigenvalue weighted by atomic mass is 10.1. The van der Waals surface area contributed by atoms with Crippen molar-refractivity contribution in [1.29, 1.82) is 0 Å². The first-order valence-electron chi connectivity index (χ1n) is 8.20. The predicted octanol–water partition coefficient (Wildman–Crippen LogP) is 3.04. The molecule has 0 aromatic carbocycles. The van der Waals surface area contributed by atoms with E-state index in [0.29, 0.717) is 30.3 Å². The van der Waals surface area contributed by atoms with Gasteiger partial charge in [-0.05, 0) is 38.2 Å². The molecule has 25 heavy (non-hydrogen) atoms. The van der Waals surface area contributed by atoms with Gasteiger partial charge in [-0.15, -0.1) is 11.3 Å². The zero-order valence-corrected chi connectivity index (χ0v) is 16.0. The summed E-state index contributed by atoms with van der Waals surface area (Å²) < 4.78 is 4.78. The van der Waals surface area contributed by atoms with Crippen LogP contribution in [-0.4, -0.2) is 34.2 Å². The van der Waals surface area contributed by atoms with E-state index >= 15 is 0 Å². The van der Waals surface area contributed by atoms with E-state index in [-0.39, 0.29) is 11.6 Å². The van der Waals surface area contributed by atoms with Crippen LogP contribution in [0.15, 0.2) is 0 Å². The number of carbonyl (C=O) groups is 2. The van der Waals surface area contributed by atoms with Crippen molar-refractivity contribution in [2.24, 2.45) is 5.92 Å². The molecule has 0 spiro atoms. The van der Waals surface area contributed by atoms with Gasteiger partial charge in [0.25, 0.3) is 0 Å². The van der Waals surface area contributed by atoms with Crippen molar-refractivity contribution in [3.05, 3.63) is 27.5 Å². The Hall–Kier alpha value is -2.22. The largest absolute Gasteiger partial charge is 0.464 e. The zero-order chi connectivity index (χ0) is 18.6. The minimum Gasteiger partial charge on any atom is -0.464 e. The molecule has 0 aliphatic rings. The third-order valence-corrected chi connectivity index (χ3v) is 4.79. The highest BCUT2D eigenvalue weighted by molar-refractivity contribution is 7.16. The van der Waals surface area contributed by atoms with Gasteiger partial charge in [-0.25, -0.2) is 9.78 Å². The summed E-state index contributed by atoms with van der Waals surface area (Å²) in [7, 11) is 1.33. The number of aromatic amines is 1. The average molecular weight is 364 g/mol. The molecular formula is C17H24N4O3S. The molecule has 0 aliphatic heterocycles. The van der Waals surface area contributed by atoms with Gasteiger partial charge in [0, 0.05) is 17.0 Å². The molecule has 2 aromatic heterocycles. The third kappa shape index (κ3) is 4.88. The molecule has 2 rings (SSSR count). The van der Waals surface area contributed by atoms with E-state index in [4.69, 9.17) is 4.74 Å². The van der Waals surface area contributed by atoms with Crippen molar-refractivity contribution >= 4 is 28.3 Å². The molecule has 0 bridgehead atoms. The van der Waals surface area contributed by atoms with Crippen LogP contribution in [0.4, 0.5) is 5.13 Å². The number of nitrogens with zero attached hydrogens (tertiary/aromatic N) is 2. The molecule has 2 heterocycles. The first-order valence-corrected chi connectivity index (χ1v) is 9.01. The van der Waals surface area contributed by atoms with Crippen LogP contribution in [0.25, 0.3) is 0 Å². The van der Waals surface area contributed by atoms with E-state index in [9.17, 15) is 9.59 Å². The lowest BCUT2D eigenvalue weighted by molar-refractivity contribution is -0.116. The summed E-state index contributed by atoms with van der Waals surface area (Å²) >= 11 is 1.33. The van der Waals surface area contributed by atoms with Crippen LogP contribution < -0.4 is 5.32 Å². The highest BCUT2D eigenvalue weighted by Crippen LogP contribution is 2.26. The van der Waals surface area contributed by atoms with Crippen molar-refractivity contribution in [2.45, 2.75) is 47.0 Å². The summed E-state index contributed by atoms with van der Waals surface area (Å²) in [6.07, 6.45) is 1.65. The summed E-state index contributed by atoms with van der Waals surface area (Å²) in [5, 5.41) is 10.3. The number of carbonyl (C=O) groups excluding carboxylic acids is 2. The predicted molar refractivity (Wildman–Crippen MR) is 97.0 cm³/mol. The molecule has 136 valence electrons. The van der Waals surface area contributed by atoms with E-state index in [1.54, 1.807) is 0 Å². The number of anilines is 1. The van der Waals surface area contributed by atoms with Crippen molar-refractivity contribution in [3.8, 4) is 0 Å². The zero-order valence-electron chi connectivity index (χ0n) is 15.2. The van der Waals surface area contributed by atoms with E-state index in [0.717, 1.165) is 21.8 Å². The number of thiazole rings is 1. The lowest BCUT2D eigenvalue weighted by Gasteiger charge is -2.03. The molecule has 8 heteroatoms. The number of nitrogens with one attached hydrogen (secondary N) is 2. The summed E-state index contributed by atoms with van der Waals surface area (Å²) in [4.78, 5) is 29.2. The van der Waals surface area contributed by atoms with Gasteiger partial charge in [0.15, 0.2) is 10.8 Å². The minimum atomic E-state index is -0.475. The molecule has 0 unspecified atom stereocenters. The van der Waals surface area contributed by atoms with Gasteiger partial charge in [0.05, 0.1) is 12.8 Å². The fourth-order valence-electron chi connectivity index (χ4n) is 2.53. The normalized spacial score (nSPS) is 11.0. The van der Waals surface area contributed by atoms with Gasteiger partial charge >= 0.3 is 5.97 Å². The van der Waals surface area contributed by atoms with E-state index in [2.05, 4.69) is 34.3 Å². The minimum absolute atomic E-state index is 0.138. The Morgan fingerprint density at radius 2 is 2.04 bits per heavy atom. The molecule has 0 radical (unpaired) electrons. The second-order valence-electron chi connectivity index (χ2n) is 6.34. The number of hydrogen-bond donors (Lipinski definition) is 2. The highest BCUT2D eigenvalue weighted by Gasteiger charge is 2.20. The van der Waals surface area contributed by atoms with Crippen LogP contribution in [0.3, 0.4) is 0 Å². The maximum atomic E-state index is 12.2. The SMILES string of the molecule is COC(=O)c1nc(NC(=O)CCc2c(C)n[nH]c2C)sc1CC(C)C. The highest BCUT2D eigenvalue weighted by atomic mass is 32.1. The fourth-order valence-corrected chi connectivity index (χ4v) is 3.71. The molecule has 0 aliphatic carbocycles. The molecule has 0 saturated carbocycles. The Morgan fingerprint density at radius 1 is 1.32 bits per heavy atom. The molecule has 1 amide bonds. The Kier molecular flexibility index (Phi) is 6.30. The van der Waals surface area contributed by atoms with E-state index < -0.39 is 5.97 Å². The molecular weight excluding hydrogens is 340 g/mol. The Bertz CT molecular complexity index is 745. The smallest absolute Gasteiger partial charge is 0.357 e. The first-order chi connectivity index (χ1) is 11.8.